The Hall–Kier alpha value is -2.37. The van der Waals surface area contributed by atoms with Crippen LogP contribution in [0.15, 0.2) is 24.4 Å². The number of nitrogens with zero attached hydrogens (tertiary/aromatic N) is 3. The molecule has 2 aromatic rings. The molecular formula is C16H19F2N5O3S. The van der Waals surface area contributed by atoms with Gasteiger partial charge in [-0.25, -0.2) is 8.78 Å². The van der Waals surface area contributed by atoms with Gasteiger partial charge < -0.3 is 5.32 Å². The molecule has 1 fully saturated rings. The quantitative estimate of drug-likeness (QED) is 0.811. The number of benzene rings is 1. The third-order valence-corrected chi connectivity index (χ3v) is 6.08. The molecule has 1 aromatic carbocycles. The van der Waals surface area contributed by atoms with E-state index in [1.807, 2.05) is 0 Å². The van der Waals surface area contributed by atoms with E-state index in [0.717, 1.165) is 16.4 Å². The molecule has 0 aliphatic carbocycles. The van der Waals surface area contributed by atoms with Gasteiger partial charge in [0.05, 0.1) is 17.4 Å². The predicted octanol–water partition coefficient (Wildman–Crippen LogP) is 1.23. The number of hydrogen-bond donors (Lipinski definition) is 2. The fourth-order valence-electron chi connectivity index (χ4n) is 3.08. The van der Waals surface area contributed by atoms with E-state index in [1.54, 1.807) is 24.9 Å². The lowest BCUT2D eigenvalue weighted by molar-refractivity contribution is -0.120. The highest BCUT2D eigenvalue weighted by Crippen LogP contribution is 2.30. The summed E-state index contributed by atoms with van der Waals surface area (Å²) in [6, 6.07) is 0.990. The predicted molar refractivity (Wildman–Crippen MR) is 93.9 cm³/mol. The molecule has 146 valence electrons. The molecule has 1 aromatic heterocycles. The number of likely N-dealkylation sites (N-methyl/N-ethyl adjacent to an activating group) is 1. The fraction of sp³-hybridized carbons (Fsp3) is 0.375. The van der Waals surface area contributed by atoms with Crippen LogP contribution < -0.4 is 10.0 Å². The average Bonchev–Trinajstić information content (AvgIpc) is 2.91. The molecule has 0 spiro atoms. The number of anilines is 1. The van der Waals surface area contributed by atoms with E-state index in [9.17, 15) is 22.0 Å². The van der Waals surface area contributed by atoms with Crippen LogP contribution in [0.2, 0.25) is 0 Å². The molecule has 1 aliphatic rings. The van der Waals surface area contributed by atoms with Gasteiger partial charge >= 0.3 is 0 Å². The van der Waals surface area contributed by atoms with Gasteiger partial charge in [0.2, 0.25) is 5.91 Å². The van der Waals surface area contributed by atoms with Crippen molar-refractivity contribution in [2.45, 2.75) is 25.4 Å². The number of hydrogen-bond acceptors (Lipinski definition) is 4. The van der Waals surface area contributed by atoms with Crippen molar-refractivity contribution >= 4 is 21.8 Å². The SMILES string of the molecule is Cc1nn(C)cc1[C@@H]1C[C@H](C(=O)Nc2ccc(F)cc2F)N(C)S(=O)(=O)N1. The molecule has 2 atom stereocenters. The van der Waals surface area contributed by atoms with E-state index >= 15 is 0 Å². The molecule has 0 unspecified atom stereocenters. The Morgan fingerprint density at radius 2 is 2.04 bits per heavy atom. The summed E-state index contributed by atoms with van der Waals surface area (Å²) in [5.74, 6) is -2.43. The summed E-state index contributed by atoms with van der Waals surface area (Å²) in [7, 11) is -0.964. The van der Waals surface area contributed by atoms with Gasteiger partial charge in [0, 0.05) is 31.9 Å². The van der Waals surface area contributed by atoms with Gasteiger partial charge in [0.1, 0.15) is 17.7 Å². The van der Waals surface area contributed by atoms with E-state index in [0.29, 0.717) is 17.3 Å². The first-order chi connectivity index (χ1) is 12.6. The maximum atomic E-state index is 13.8. The molecule has 0 bridgehead atoms. The molecule has 3 rings (SSSR count). The molecule has 1 amide bonds. The Balaban J connectivity index is 1.88. The lowest BCUT2D eigenvalue weighted by Gasteiger charge is -2.36. The van der Waals surface area contributed by atoms with Gasteiger partial charge in [0.15, 0.2) is 0 Å². The van der Waals surface area contributed by atoms with Gasteiger partial charge in [-0.3, -0.25) is 9.48 Å². The summed E-state index contributed by atoms with van der Waals surface area (Å²) in [5.41, 5.74) is 1.07. The van der Waals surface area contributed by atoms with Crippen molar-refractivity contribution in [3.63, 3.8) is 0 Å². The van der Waals surface area contributed by atoms with Crippen LogP contribution in [0.3, 0.4) is 0 Å². The second kappa shape index (κ2) is 6.98. The summed E-state index contributed by atoms with van der Waals surface area (Å²) >= 11 is 0. The van der Waals surface area contributed by atoms with Crippen molar-refractivity contribution in [3.05, 3.63) is 47.3 Å². The van der Waals surface area contributed by atoms with E-state index in [1.165, 1.54) is 7.05 Å². The van der Waals surface area contributed by atoms with Crippen LogP contribution in [-0.4, -0.2) is 41.5 Å². The minimum Gasteiger partial charge on any atom is -0.322 e. The van der Waals surface area contributed by atoms with Crippen LogP contribution in [0.25, 0.3) is 0 Å². The summed E-state index contributed by atoms with van der Waals surface area (Å²) in [5, 5.41) is 6.52. The minimum atomic E-state index is -3.94. The van der Waals surface area contributed by atoms with Crippen molar-refractivity contribution in [1.82, 2.24) is 18.8 Å². The number of carbonyl (C=O) groups is 1. The van der Waals surface area contributed by atoms with E-state index < -0.39 is 39.8 Å². The fourth-order valence-corrected chi connectivity index (χ4v) is 4.35. The van der Waals surface area contributed by atoms with E-state index in [2.05, 4.69) is 15.1 Å². The molecule has 8 nitrogen and oxygen atoms in total. The number of aromatic nitrogens is 2. The normalized spacial score (nSPS) is 22.6. The number of carbonyl (C=O) groups excluding carboxylic acids is 1. The zero-order valence-electron chi connectivity index (χ0n) is 14.9. The van der Waals surface area contributed by atoms with Crippen LogP contribution in [0.5, 0.6) is 0 Å². The highest BCUT2D eigenvalue weighted by Gasteiger charge is 2.41. The molecule has 1 saturated heterocycles. The summed E-state index contributed by atoms with van der Waals surface area (Å²) in [6.07, 6.45) is 1.80. The third kappa shape index (κ3) is 3.84. The molecule has 27 heavy (non-hydrogen) atoms. The van der Waals surface area contributed by atoms with Crippen LogP contribution >= 0.6 is 0 Å². The zero-order valence-corrected chi connectivity index (χ0v) is 15.7. The number of rotatable bonds is 3. The molecule has 2 N–H and O–H groups in total. The smallest absolute Gasteiger partial charge is 0.280 e. The van der Waals surface area contributed by atoms with Crippen LogP contribution in [0.4, 0.5) is 14.5 Å². The van der Waals surface area contributed by atoms with E-state index in [4.69, 9.17) is 0 Å². The van der Waals surface area contributed by atoms with Crippen molar-refractivity contribution in [2.75, 3.05) is 12.4 Å². The molecule has 2 heterocycles. The van der Waals surface area contributed by atoms with Gasteiger partial charge in [-0.2, -0.15) is 22.5 Å². The first kappa shape index (κ1) is 19.4. The first-order valence-electron chi connectivity index (χ1n) is 8.10. The lowest BCUT2D eigenvalue weighted by Crippen LogP contribution is -2.56. The van der Waals surface area contributed by atoms with Crippen molar-refractivity contribution in [1.29, 1.82) is 0 Å². The third-order valence-electron chi connectivity index (χ3n) is 4.49. The Kier molecular flexibility index (Phi) is 5.02. The summed E-state index contributed by atoms with van der Waals surface area (Å²) < 4.78 is 56.7. The second-order valence-corrected chi connectivity index (χ2v) is 8.16. The van der Waals surface area contributed by atoms with Crippen LogP contribution in [0, 0.1) is 18.6 Å². The van der Waals surface area contributed by atoms with Crippen molar-refractivity contribution in [3.8, 4) is 0 Å². The molecule has 11 heteroatoms. The highest BCUT2D eigenvalue weighted by molar-refractivity contribution is 7.87. The van der Waals surface area contributed by atoms with Crippen LogP contribution in [-0.2, 0) is 22.1 Å². The molecule has 0 radical (unpaired) electrons. The molecule has 0 saturated carbocycles. The summed E-state index contributed by atoms with van der Waals surface area (Å²) in [6.45, 7) is 1.74. The number of halogens is 2. The van der Waals surface area contributed by atoms with Gasteiger partial charge in [-0.05, 0) is 25.5 Å². The van der Waals surface area contributed by atoms with Crippen LogP contribution in [0.1, 0.15) is 23.7 Å². The largest absolute Gasteiger partial charge is 0.322 e. The monoisotopic (exact) mass is 399 g/mol. The molecular weight excluding hydrogens is 380 g/mol. The number of nitrogens with one attached hydrogen (secondary N) is 2. The van der Waals surface area contributed by atoms with Crippen molar-refractivity contribution < 1.29 is 22.0 Å². The Labute approximate surface area is 155 Å². The van der Waals surface area contributed by atoms with Crippen molar-refractivity contribution in [2.24, 2.45) is 7.05 Å². The first-order valence-corrected chi connectivity index (χ1v) is 9.54. The number of aryl methyl sites for hydroxylation is 2. The summed E-state index contributed by atoms with van der Waals surface area (Å²) in [4.78, 5) is 12.6. The van der Waals surface area contributed by atoms with Gasteiger partial charge in [-0.15, -0.1) is 0 Å². The Morgan fingerprint density at radius 1 is 1.33 bits per heavy atom. The van der Waals surface area contributed by atoms with Gasteiger partial charge in [-0.1, -0.05) is 0 Å². The Bertz CT molecular complexity index is 992. The maximum absolute atomic E-state index is 13.8. The molecule has 1 aliphatic heterocycles. The van der Waals surface area contributed by atoms with E-state index in [-0.39, 0.29) is 12.1 Å². The second-order valence-electron chi connectivity index (χ2n) is 6.40. The zero-order chi connectivity index (χ0) is 19.9. The maximum Gasteiger partial charge on any atom is 0.280 e. The topological polar surface area (TPSA) is 96.3 Å². The standard InChI is InChI=1S/C16H19F2N5O3S/c1-9-11(8-22(2)20-9)14-7-15(23(3)27(25,26)21-14)16(24)19-13-5-4-10(17)6-12(13)18/h4-6,8,14-15,21H,7H2,1-3H3,(H,19,24)/t14-,15+/m0/s1. The van der Waals surface area contributed by atoms with Gasteiger partial charge in [0.25, 0.3) is 10.2 Å². The highest BCUT2D eigenvalue weighted by atomic mass is 32.2. The Morgan fingerprint density at radius 3 is 2.63 bits per heavy atom. The minimum absolute atomic E-state index is 0.122. The average molecular weight is 399 g/mol. The number of amides is 1. The lowest BCUT2D eigenvalue weighted by atomic mass is 10.00.